The van der Waals surface area contributed by atoms with E-state index in [1.807, 2.05) is 43.6 Å². The van der Waals surface area contributed by atoms with Crippen molar-refractivity contribution < 1.29 is 9.47 Å². The van der Waals surface area contributed by atoms with E-state index < -0.39 is 0 Å². The molecule has 0 radical (unpaired) electrons. The summed E-state index contributed by atoms with van der Waals surface area (Å²) < 4.78 is 12.3. The Morgan fingerprint density at radius 2 is 1.94 bits per heavy atom. The highest BCUT2D eigenvalue weighted by atomic mass is 16.5. The Bertz CT molecular complexity index is 448. The van der Waals surface area contributed by atoms with Gasteiger partial charge >= 0.3 is 0 Å². The summed E-state index contributed by atoms with van der Waals surface area (Å²) in [7, 11) is 3.51. The van der Waals surface area contributed by atoms with E-state index >= 15 is 0 Å². The predicted octanol–water partition coefficient (Wildman–Crippen LogP) is 2.01. The first-order chi connectivity index (χ1) is 7.78. The summed E-state index contributed by atoms with van der Waals surface area (Å²) in [5.74, 6) is 1.49. The average molecular weight is 218 g/mol. The minimum atomic E-state index is 0.515. The summed E-state index contributed by atoms with van der Waals surface area (Å²) in [6, 6.07) is 9.61. The smallest absolute Gasteiger partial charge is 0.233 e. The van der Waals surface area contributed by atoms with E-state index in [4.69, 9.17) is 9.47 Å². The first-order valence-corrected chi connectivity index (χ1v) is 5.03. The van der Waals surface area contributed by atoms with Crippen molar-refractivity contribution in [1.29, 1.82) is 0 Å². The Morgan fingerprint density at radius 3 is 2.50 bits per heavy atom. The van der Waals surface area contributed by atoms with Gasteiger partial charge in [0.1, 0.15) is 12.4 Å². The molecule has 16 heavy (non-hydrogen) atoms. The molecule has 2 aromatic rings. The molecule has 0 bridgehead atoms. The topological polar surface area (TPSA) is 36.3 Å². The Kier molecular flexibility index (Phi) is 3.10. The second-order valence-corrected chi connectivity index (χ2v) is 3.46. The summed E-state index contributed by atoms with van der Waals surface area (Å²) in [5, 5.41) is 4.13. The third kappa shape index (κ3) is 2.53. The van der Waals surface area contributed by atoms with Gasteiger partial charge in [0.15, 0.2) is 0 Å². The summed E-state index contributed by atoms with van der Waals surface area (Å²) >= 11 is 0. The van der Waals surface area contributed by atoms with Crippen LogP contribution in [0.2, 0.25) is 0 Å². The number of benzene rings is 1. The van der Waals surface area contributed by atoms with Crippen molar-refractivity contribution in [2.24, 2.45) is 7.05 Å². The van der Waals surface area contributed by atoms with Crippen LogP contribution in [0, 0.1) is 0 Å². The Hall–Kier alpha value is -1.97. The van der Waals surface area contributed by atoms with E-state index in [0.29, 0.717) is 12.5 Å². The zero-order valence-corrected chi connectivity index (χ0v) is 9.38. The fourth-order valence-electron chi connectivity index (χ4n) is 1.35. The third-order valence-electron chi connectivity index (χ3n) is 2.23. The van der Waals surface area contributed by atoms with E-state index in [0.717, 1.165) is 11.3 Å². The lowest BCUT2D eigenvalue weighted by Gasteiger charge is -2.04. The van der Waals surface area contributed by atoms with Gasteiger partial charge in [0.2, 0.25) is 5.88 Å². The fraction of sp³-hybridized carbons (Fsp3) is 0.250. The first-order valence-electron chi connectivity index (χ1n) is 5.03. The van der Waals surface area contributed by atoms with Crippen LogP contribution < -0.4 is 9.47 Å². The van der Waals surface area contributed by atoms with Crippen LogP contribution >= 0.6 is 0 Å². The van der Waals surface area contributed by atoms with E-state index in [-0.39, 0.29) is 0 Å². The second-order valence-electron chi connectivity index (χ2n) is 3.46. The van der Waals surface area contributed by atoms with Gasteiger partial charge < -0.3 is 9.47 Å². The number of nitrogens with zero attached hydrogens (tertiary/aromatic N) is 2. The van der Waals surface area contributed by atoms with Gasteiger partial charge in [0.05, 0.1) is 7.11 Å². The van der Waals surface area contributed by atoms with Gasteiger partial charge in [0, 0.05) is 19.3 Å². The van der Waals surface area contributed by atoms with Gasteiger partial charge in [0.25, 0.3) is 0 Å². The van der Waals surface area contributed by atoms with Crippen LogP contribution in [0.25, 0.3) is 0 Å². The van der Waals surface area contributed by atoms with Crippen LogP contribution in [0.3, 0.4) is 0 Å². The van der Waals surface area contributed by atoms with Crippen molar-refractivity contribution in [3.8, 4) is 11.6 Å². The number of hydrogen-bond acceptors (Lipinski definition) is 3. The SMILES string of the molecule is COc1ccc(COc2ccn(C)n2)cc1. The zero-order valence-electron chi connectivity index (χ0n) is 9.38. The van der Waals surface area contributed by atoms with Crippen molar-refractivity contribution in [3.05, 3.63) is 42.1 Å². The maximum absolute atomic E-state index is 5.51. The molecule has 0 amide bonds. The molecule has 0 aliphatic carbocycles. The Labute approximate surface area is 94.4 Å². The molecule has 0 fully saturated rings. The van der Waals surface area contributed by atoms with Crippen LogP contribution in [0.5, 0.6) is 11.6 Å². The number of hydrogen-bond donors (Lipinski definition) is 0. The summed E-state index contributed by atoms with van der Waals surface area (Å²) in [5.41, 5.74) is 1.09. The first kappa shape index (κ1) is 10.5. The number of aromatic nitrogens is 2. The quantitative estimate of drug-likeness (QED) is 0.787. The second kappa shape index (κ2) is 4.70. The lowest BCUT2D eigenvalue weighted by molar-refractivity contribution is 0.290. The number of aryl methyl sites for hydroxylation is 1. The molecule has 2 rings (SSSR count). The molecule has 84 valence electrons. The minimum Gasteiger partial charge on any atom is -0.497 e. The minimum absolute atomic E-state index is 0.515. The molecule has 4 heteroatoms. The van der Waals surface area contributed by atoms with Gasteiger partial charge in [-0.15, -0.1) is 5.10 Å². The van der Waals surface area contributed by atoms with Crippen LogP contribution in [0.4, 0.5) is 0 Å². The standard InChI is InChI=1S/C12H14N2O2/c1-14-8-7-12(13-14)16-9-10-3-5-11(15-2)6-4-10/h3-8H,9H2,1-2H3. The maximum atomic E-state index is 5.51. The molecule has 0 atom stereocenters. The van der Waals surface area contributed by atoms with Crippen LogP contribution in [0.1, 0.15) is 5.56 Å². The largest absolute Gasteiger partial charge is 0.497 e. The van der Waals surface area contributed by atoms with Crippen molar-refractivity contribution in [2.45, 2.75) is 6.61 Å². The van der Waals surface area contributed by atoms with Crippen molar-refractivity contribution >= 4 is 0 Å². The van der Waals surface area contributed by atoms with Crippen LogP contribution in [0.15, 0.2) is 36.5 Å². The van der Waals surface area contributed by atoms with Gasteiger partial charge in [-0.3, -0.25) is 4.68 Å². The molecule has 0 unspecified atom stereocenters. The molecule has 1 heterocycles. The number of methoxy groups -OCH3 is 1. The van der Waals surface area contributed by atoms with E-state index in [1.54, 1.807) is 11.8 Å². The fourth-order valence-corrected chi connectivity index (χ4v) is 1.35. The van der Waals surface area contributed by atoms with Crippen LogP contribution in [-0.2, 0) is 13.7 Å². The molecule has 4 nitrogen and oxygen atoms in total. The number of rotatable bonds is 4. The molecule has 0 saturated heterocycles. The third-order valence-corrected chi connectivity index (χ3v) is 2.23. The summed E-state index contributed by atoms with van der Waals surface area (Å²) in [6.45, 7) is 0.515. The molecule has 0 N–H and O–H groups in total. The molecular weight excluding hydrogens is 204 g/mol. The highest BCUT2D eigenvalue weighted by Crippen LogP contribution is 2.13. The van der Waals surface area contributed by atoms with Gasteiger partial charge in [-0.1, -0.05) is 12.1 Å². The highest BCUT2D eigenvalue weighted by Gasteiger charge is 1.99. The zero-order chi connectivity index (χ0) is 11.4. The Morgan fingerprint density at radius 1 is 1.19 bits per heavy atom. The Balaban J connectivity index is 1.94. The highest BCUT2D eigenvalue weighted by molar-refractivity contribution is 5.27. The molecule has 1 aromatic heterocycles. The molecule has 0 saturated carbocycles. The van der Waals surface area contributed by atoms with Gasteiger partial charge in [-0.25, -0.2) is 0 Å². The molecule has 0 aliphatic heterocycles. The predicted molar refractivity (Wildman–Crippen MR) is 60.5 cm³/mol. The van der Waals surface area contributed by atoms with Gasteiger partial charge in [-0.05, 0) is 17.7 Å². The lowest BCUT2D eigenvalue weighted by Crippen LogP contribution is -1.97. The monoisotopic (exact) mass is 218 g/mol. The lowest BCUT2D eigenvalue weighted by atomic mass is 10.2. The summed E-state index contributed by atoms with van der Waals surface area (Å²) in [4.78, 5) is 0. The molecular formula is C12H14N2O2. The van der Waals surface area contributed by atoms with Crippen LogP contribution in [-0.4, -0.2) is 16.9 Å². The molecule has 0 aliphatic rings. The average Bonchev–Trinajstić information content (AvgIpc) is 2.73. The molecule has 1 aromatic carbocycles. The summed E-state index contributed by atoms with van der Waals surface area (Å²) in [6.07, 6.45) is 1.85. The van der Waals surface area contributed by atoms with Crippen molar-refractivity contribution in [2.75, 3.05) is 7.11 Å². The van der Waals surface area contributed by atoms with Crippen molar-refractivity contribution in [1.82, 2.24) is 9.78 Å². The molecule has 0 spiro atoms. The normalized spacial score (nSPS) is 10.1. The van der Waals surface area contributed by atoms with Crippen molar-refractivity contribution in [3.63, 3.8) is 0 Å². The number of ether oxygens (including phenoxy) is 2. The maximum Gasteiger partial charge on any atom is 0.233 e. The van der Waals surface area contributed by atoms with E-state index in [1.165, 1.54) is 0 Å². The van der Waals surface area contributed by atoms with E-state index in [2.05, 4.69) is 5.10 Å². The van der Waals surface area contributed by atoms with Gasteiger partial charge in [-0.2, -0.15) is 0 Å². The van der Waals surface area contributed by atoms with E-state index in [9.17, 15) is 0 Å².